The highest BCUT2D eigenvalue weighted by Gasteiger charge is 2.68. The zero-order valence-corrected chi connectivity index (χ0v) is 29.2. The first-order chi connectivity index (χ1) is 22.3. The second-order valence-electron chi connectivity index (χ2n) is 13.8. The Balaban J connectivity index is 1.19. The molecule has 2 amide bonds. The summed E-state index contributed by atoms with van der Waals surface area (Å²) in [5.74, 6) is 5.03. The number of nitriles is 1. The van der Waals surface area contributed by atoms with Gasteiger partial charge in [-0.25, -0.2) is 0 Å². The fraction of sp³-hybridized carbons (Fsp3) is 0.528. The molecule has 2 bridgehead atoms. The van der Waals surface area contributed by atoms with Crippen LogP contribution in [0.5, 0.6) is 5.75 Å². The number of hydrogen-bond donors (Lipinski definition) is 1. The van der Waals surface area contributed by atoms with Crippen LogP contribution in [0.2, 0.25) is 10.0 Å². The largest absolute Gasteiger partial charge is 0.490 e. The van der Waals surface area contributed by atoms with Crippen LogP contribution < -0.4 is 10.1 Å². The molecule has 47 heavy (non-hydrogen) atoms. The average Bonchev–Trinajstić information content (AvgIpc) is 3.40. The molecular weight excluding hydrogens is 636 g/mol. The number of nitrogens with zero attached hydrogens (tertiary/aromatic N) is 2. The number of carbonyl (C=O) groups is 2. The van der Waals surface area contributed by atoms with Crippen LogP contribution in [0.15, 0.2) is 42.5 Å². The number of halogens is 2. The lowest BCUT2D eigenvalue weighted by molar-refractivity contribution is -0.199. The van der Waals surface area contributed by atoms with Crippen LogP contribution in [0, 0.1) is 46.3 Å². The number of aryl methyl sites for hydroxylation is 1. The highest BCUT2D eigenvalue weighted by atomic mass is 35.5. The molecular formula is C36H42BCl2N3O5. The van der Waals surface area contributed by atoms with Crippen LogP contribution in [0.25, 0.3) is 0 Å². The van der Waals surface area contributed by atoms with E-state index in [1.165, 1.54) is 4.90 Å². The van der Waals surface area contributed by atoms with E-state index in [9.17, 15) is 14.9 Å². The molecule has 0 radical (unpaired) electrons. The summed E-state index contributed by atoms with van der Waals surface area (Å²) >= 11 is 13.1. The molecule has 0 aromatic heterocycles. The summed E-state index contributed by atoms with van der Waals surface area (Å²) in [7, 11) is 2.61. The van der Waals surface area contributed by atoms with E-state index in [2.05, 4.69) is 37.9 Å². The molecule has 248 valence electrons. The molecule has 1 heterocycles. The number of nitrogens with one attached hydrogen (secondary N) is 1. The molecule has 0 spiro atoms. The Labute approximate surface area is 288 Å². The van der Waals surface area contributed by atoms with Crippen LogP contribution in [0.1, 0.15) is 57.6 Å². The molecule has 2 aromatic carbocycles. The standard InChI is InChI=1S/C36H42BCl2N3O5/c1-35(2)26-20-28(35)36(3)29(21-26)46-37(47-36)30(19-23-11-7-6-8-12-23)41-31(43)17-18-45-33-27(38)16-15-24(32(33)39)13-9-10-14-25(22-40)34(44)42(4)5/h6-8,11-12,15-16,25-26,28-30H,9,13,17-21H2,1-5H3,(H,41,43)/t25?,26-,28-,29+,30-,36-/m0/s1. The van der Waals surface area contributed by atoms with Gasteiger partial charge in [-0.3, -0.25) is 9.59 Å². The van der Waals surface area contributed by atoms with Gasteiger partial charge in [0.25, 0.3) is 5.91 Å². The average molecular weight is 678 g/mol. The van der Waals surface area contributed by atoms with E-state index in [1.807, 2.05) is 36.4 Å². The third kappa shape index (κ3) is 7.45. The van der Waals surface area contributed by atoms with Crippen LogP contribution in [0.3, 0.4) is 0 Å². The maximum Gasteiger partial charge on any atom is 0.482 e. The molecule has 1 unspecified atom stereocenters. The maximum absolute atomic E-state index is 13.3. The molecule has 4 aliphatic rings. The lowest BCUT2D eigenvalue weighted by Gasteiger charge is -2.64. The molecule has 3 saturated carbocycles. The van der Waals surface area contributed by atoms with Gasteiger partial charge in [0.1, 0.15) is 0 Å². The highest BCUT2D eigenvalue weighted by molar-refractivity contribution is 6.48. The second kappa shape index (κ2) is 14.5. The third-order valence-corrected chi connectivity index (χ3v) is 10.9. The van der Waals surface area contributed by atoms with Gasteiger partial charge in [0.2, 0.25) is 5.91 Å². The van der Waals surface area contributed by atoms with Crippen molar-refractivity contribution < 1.29 is 23.6 Å². The van der Waals surface area contributed by atoms with Crippen molar-refractivity contribution in [2.24, 2.45) is 23.2 Å². The number of ether oxygens (including phenoxy) is 1. The molecule has 1 N–H and O–H groups in total. The van der Waals surface area contributed by atoms with E-state index in [4.69, 9.17) is 37.2 Å². The smallest absolute Gasteiger partial charge is 0.482 e. The summed E-state index contributed by atoms with van der Waals surface area (Å²) in [6, 6.07) is 15.4. The van der Waals surface area contributed by atoms with Gasteiger partial charge in [-0.2, -0.15) is 5.26 Å². The lowest BCUT2D eigenvalue weighted by atomic mass is 9.43. The molecule has 1 aliphatic heterocycles. The van der Waals surface area contributed by atoms with E-state index in [1.54, 1.807) is 26.2 Å². The van der Waals surface area contributed by atoms with Crippen LogP contribution >= 0.6 is 23.2 Å². The molecule has 3 aliphatic carbocycles. The molecule has 2 aromatic rings. The summed E-state index contributed by atoms with van der Waals surface area (Å²) < 4.78 is 19.2. The van der Waals surface area contributed by atoms with Gasteiger partial charge in [-0.15, -0.1) is 5.92 Å². The molecule has 6 atom stereocenters. The van der Waals surface area contributed by atoms with Gasteiger partial charge in [-0.05, 0) is 67.1 Å². The topological polar surface area (TPSA) is 101 Å². The Morgan fingerprint density at radius 3 is 2.57 bits per heavy atom. The maximum atomic E-state index is 13.3. The summed E-state index contributed by atoms with van der Waals surface area (Å²) in [5, 5.41) is 13.1. The predicted molar refractivity (Wildman–Crippen MR) is 183 cm³/mol. The summed E-state index contributed by atoms with van der Waals surface area (Å²) in [6.07, 6.45) is 3.64. The minimum Gasteiger partial charge on any atom is -0.490 e. The van der Waals surface area contributed by atoms with Gasteiger partial charge >= 0.3 is 7.12 Å². The predicted octanol–water partition coefficient (Wildman–Crippen LogP) is 5.92. The fourth-order valence-corrected chi connectivity index (χ4v) is 7.93. The first-order valence-corrected chi connectivity index (χ1v) is 17.0. The van der Waals surface area contributed by atoms with E-state index in [0.717, 1.165) is 24.0 Å². The number of benzene rings is 2. The Kier molecular flexibility index (Phi) is 10.8. The number of carbonyl (C=O) groups excluding carboxylic acids is 2. The first-order valence-electron chi connectivity index (χ1n) is 16.2. The Morgan fingerprint density at radius 1 is 1.15 bits per heavy atom. The van der Waals surface area contributed by atoms with Crippen molar-refractivity contribution in [3.05, 3.63) is 63.6 Å². The summed E-state index contributed by atoms with van der Waals surface area (Å²) in [4.78, 5) is 26.7. The van der Waals surface area contributed by atoms with E-state index < -0.39 is 13.0 Å². The third-order valence-electron chi connectivity index (χ3n) is 10.2. The van der Waals surface area contributed by atoms with Gasteiger partial charge in [0.15, 0.2) is 11.7 Å². The molecule has 1 saturated heterocycles. The quantitative estimate of drug-likeness (QED) is 0.234. The van der Waals surface area contributed by atoms with Gasteiger partial charge in [-0.1, -0.05) is 79.4 Å². The van der Waals surface area contributed by atoms with Crippen molar-refractivity contribution in [2.45, 2.75) is 76.9 Å². The number of hydrogen-bond acceptors (Lipinski definition) is 6. The number of rotatable bonds is 11. The van der Waals surface area contributed by atoms with Crippen LogP contribution in [-0.2, 0) is 31.7 Å². The van der Waals surface area contributed by atoms with Gasteiger partial charge in [0.05, 0.1) is 46.8 Å². The molecule has 4 fully saturated rings. The highest BCUT2D eigenvalue weighted by Crippen LogP contribution is 2.65. The number of amides is 2. The summed E-state index contributed by atoms with van der Waals surface area (Å²) in [5.41, 5.74) is 1.68. The molecule has 6 rings (SSSR count). The second-order valence-corrected chi connectivity index (χ2v) is 14.5. The van der Waals surface area contributed by atoms with Crippen molar-refractivity contribution in [1.82, 2.24) is 10.2 Å². The molecule has 8 nitrogen and oxygen atoms in total. The monoisotopic (exact) mass is 677 g/mol. The van der Waals surface area contributed by atoms with Crippen molar-refractivity contribution in [3.8, 4) is 23.7 Å². The lowest BCUT2D eigenvalue weighted by Crippen LogP contribution is -2.65. The van der Waals surface area contributed by atoms with Gasteiger partial charge in [0, 0.05) is 20.5 Å². The van der Waals surface area contributed by atoms with E-state index >= 15 is 0 Å². The zero-order chi connectivity index (χ0) is 33.9. The normalized spacial score (nSPS) is 24.8. The molecule has 11 heteroatoms. The van der Waals surface area contributed by atoms with E-state index in [-0.39, 0.29) is 47.9 Å². The van der Waals surface area contributed by atoms with Crippen molar-refractivity contribution in [3.63, 3.8) is 0 Å². The Bertz CT molecular complexity index is 1590. The van der Waals surface area contributed by atoms with Crippen molar-refractivity contribution >= 4 is 42.1 Å². The van der Waals surface area contributed by atoms with Crippen LogP contribution in [0.4, 0.5) is 0 Å². The van der Waals surface area contributed by atoms with E-state index in [0.29, 0.717) is 46.9 Å². The van der Waals surface area contributed by atoms with Gasteiger partial charge < -0.3 is 24.3 Å². The summed E-state index contributed by atoms with van der Waals surface area (Å²) in [6.45, 7) is 6.90. The Morgan fingerprint density at radius 2 is 1.89 bits per heavy atom. The van der Waals surface area contributed by atoms with Crippen molar-refractivity contribution in [1.29, 1.82) is 5.26 Å². The van der Waals surface area contributed by atoms with Crippen molar-refractivity contribution in [2.75, 3.05) is 20.7 Å². The fourth-order valence-electron chi connectivity index (χ4n) is 7.36. The first kappa shape index (κ1) is 35.1. The minimum absolute atomic E-state index is 0.0126. The SMILES string of the molecule is CN(C)C(=O)C(C#N)C#CCCc1ccc(Cl)c(OCCC(=O)N[C@@H](Cc2ccccc2)B2O[C@@H]3C[C@@H]4C[C@@H](C4(C)C)[C@]3(C)O2)c1Cl. The van der Waals surface area contributed by atoms with Crippen LogP contribution in [-0.4, -0.2) is 62.2 Å². The zero-order valence-electron chi connectivity index (χ0n) is 27.6. The minimum atomic E-state index is -1.01. The Hall–Kier alpha value is -3.21.